The molecule has 0 aromatic heterocycles. The third kappa shape index (κ3) is 4.13. The highest BCUT2D eigenvalue weighted by molar-refractivity contribution is 5.74. The molecule has 1 aromatic rings. The summed E-state index contributed by atoms with van der Waals surface area (Å²) >= 11 is 0. The number of nitrogens with one attached hydrogen (secondary N) is 2. The van der Waals surface area contributed by atoms with Crippen LogP contribution in [-0.2, 0) is 6.42 Å². The number of rotatable bonds is 4. The highest BCUT2D eigenvalue weighted by Gasteiger charge is 2.14. The molecule has 0 saturated carbocycles. The molecule has 104 valence electrons. The van der Waals surface area contributed by atoms with Gasteiger partial charge in [0.15, 0.2) is 0 Å². The van der Waals surface area contributed by atoms with Gasteiger partial charge in [-0.3, -0.25) is 0 Å². The number of benzene rings is 1. The van der Waals surface area contributed by atoms with Crippen molar-refractivity contribution in [3.8, 4) is 5.75 Å². The lowest BCUT2D eigenvalue weighted by Gasteiger charge is -2.27. The standard InChI is InChI=1S/C14H21N3O2/c1-19-13-4-2-12(3-5-13)6-7-16-14(18)17-10-8-15-9-11-17/h2-5,15H,6-11H2,1H3,(H,16,18). The fourth-order valence-electron chi connectivity index (χ4n) is 2.09. The molecule has 0 bridgehead atoms. The summed E-state index contributed by atoms with van der Waals surface area (Å²) in [5.74, 6) is 0.855. The zero-order valence-electron chi connectivity index (χ0n) is 11.3. The molecule has 2 amide bonds. The molecule has 1 aromatic carbocycles. The van der Waals surface area contributed by atoms with E-state index in [-0.39, 0.29) is 6.03 Å². The maximum Gasteiger partial charge on any atom is 0.317 e. The van der Waals surface area contributed by atoms with Gasteiger partial charge in [-0.2, -0.15) is 0 Å². The summed E-state index contributed by atoms with van der Waals surface area (Å²) in [5.41, 5.74) is 1.20. The fourth-order valence-corrected chi connectivity index (χ4v) is 2.09. The third-order valence-electron chi connectivity index (χ3n) is 3.25. The van der Waals surface area contributed by atoms with Crippen molar-refractivity contribution < 1.29 is 9.53 Å². The fraction of sp³-hybridized carbons (Fsp3) is 0.500. The van der Waals surface area contributed by atoms with Crippen LogP contribution < -0.4 is 15.4 Å². The van der Waals surface area contributed by atoms with Crippen LogP contribution in [-0.4, -0.2) is 50.8 Å². The van der Waals surface area contributed by atoms with E-state index in [1.54, 1.807) is 7.11 Å². The molecule has 1 heterocycles. The van der Waals surface area contributed by atoms with Crippen LogP contribution in [0.25, 0.3) is 0 Å². The highest BCUT2D eigenvalue weighted by atomic mass is 16.5. The molecule has 5 nitrogen and oxygen atoms in total. The molecule has 1 saturated heterocycles. The van der Waals surface area contributed by atoms with Crippen LogP contribution in [0.1, 0.15) is 5.56 Å². The van der Waals surface area contributed by atoms with E-state index in [1.807, 2.05) is 29.2 Å². The number of methoxy groups -OCH3 is 1. The molecular formula is C14H21N3O2. The van der Waals surface area contributed by atoms with Crippen molar-refractivity contribution in [3.63, 3.8) is 0 Å². The van der Waals surface area contributed by atoms with Gasteiger partial charge in [0, 0.05) is 32.7 Å². The van der Waals surface area contributed by atoms with E-state index < -0.39 is 0 Å². The van der Waals surface area contributed by atoms with Crippen LogP contribution in [0.3, 0.4) is 0 Å². The number of urea groups is 1. The van der Waals surface area contributed by atoms with Gasteiger partial charge in [-0.25, -0.2) is 4.79 Å². The molecule has 1 aliphatic heterocycles. The van der Waals surface area contributed by atoms with Crippen molar-refractivity contribution in [1.29, 1.82) is 0 Å². The van der Waals surface area contributed by atoms with Crippen LogP contribution in [0.4, 0.5) is 4.79 Å². The van der Waals surface area contributed by atoms with Crippen LogP contribution in [0.5, 0.6) is 5.75 Å². The number of hydrogen-bond donors (Lipinski definition) is 2. The second-order valence-corrected chi connectivity index (χ2v) is 4.57. The highest BCUT2D eigenvalue weighted by Crippen LogP contribution is 2.11. The molecule has 5 heteroatoms. The van der Waals surface area contributed by atoms with Gasteiger partial charge in [-0.15, -0.1) is 0 Å². The Bertz CT molecular complexity index is 400. The Balaban J connectivity index is 1.71. The number of hydrogen-bond acceptors (Lipinski definition) is 3. The maximum atomic E-state index is 11.9. The molecule has 0 spiro atoms. The molecule has 0 unspecified atom stereocenters. The topological polar surface area (TPSA) is 53.6 Å². The zero-order chi connectivity index (χ0) is 13.5. The van der Waals surface area contributed by atoms with E-state index in [0.717, 1.165) is 38.3 Å². The minimum Gasteiger partial charge on any atom is -0.497 e. The van der Waals surface area contributed by atoms with E-state index in [9.17, 15) is 4.79 Å². The van der Waals surface area contributed by atoms with E-state index >= 15 is 0 Å². The Morgan fingerprint density at radius 1 is 1.32 bits per heavy atom. The second kappa shape index (κ2) is 6.99. The lowest BCUT2D eigenvalue weighted by atomic mass is 10.1. The monoisotopic (exact) mass is 263 g/mol. The Morgan fingerprint density at radius 3 is 2.63 bits per heavy atom. The molecule has 2 rings (SSSR count). The summed E-state index contributed by atoms with van der Waals surface area (Å²) in [7, 11) is 1.66. The second-order valence-electron chi connectivity index (χ2n) is 4.57. The van der Waals surface area contributed by atoms with Crippen molar-refractivity contribution in [2.75, 3.05) is 39.8 Å². The summed E-state index contributed by atoms with van der Waals surface area (Å²) in [4.78, 5) is 13.7. The number of piperazine rings is 1. The van der Waals surface area contributed by atoms with Gasteiger partial charge in [0.25, 0.3) is 0 Å². The van der Waals surface area contributed by atoms with Crippen molar-refractivity contribution in [1.82, 2.24) is 15.5 Å². The van der Waals surface area contributed by atoms with Crippen molar-refractivity contribution in [3.05, 3.63) is 29.8 Å². The average Bonchev–Trinajstić information content (AvgIpc) is 2.49. The average molecular weight is 263 g/mol. The minimum atomic E-state index is 0.0370. The summed E-state index contributed by atoms with van der Waals surface area (Å²) in [6, 6.07) is 7.96. The van der Waals surface area contributed by atoms with Crippen LogP contribution in [0.15, 0.2) is 24.3 Å². The van der Waals surface area contributed by atoms with Gasteiger partial charge in [-0.1, -0.05) is 12.1 Å². The van der Waals surface area contributed by atoms with E-state index in [0.29, 0.717) is 6.54 Å². The van der Waals surface area contributed by atoms with Crippen molar-refractivity contribution in [2.45, 2.75) is 6.42 Å². The number of nitrogens with zero attached hydrogens (tertiary/aromatic N) is 1. The lowest BCUT2D eigenvalue weighted by molar-refractivity contribution is 0.190. The smallest absolute Gasteiger partial charge is 0.317 e. The van der Waals surface area contributed by atoms with Gasteiger partial charge in [0.05, 0.1) is 7.11 Å². The third-order valence-corrected chi connectivity index (χ3v) is 3.25. The van der Waals surface area contributed by atoms with Gasteiger partial charge in [0.2, 0.25) is 0 Å². The maximum absolute atomic E-state index is 11.9. The number of carbonyl (C=O) groups is 1. The number of amides is 2. The molecule has 0 radical (unpaired) electrons. The van der Waals surface area contributed by atoms with Crippen LogP contribution in [0.2, 0.25) is 0 Å². The SMILES string of the molecule is COc1ccc(CCNC(=O)N2CCNCC2)cc1. The van der Waals surface area contributed by atoms with E-state index in [2.05, 4.69) is 10.6 Å². The molecule has 0 atom stereocenters. The Labute approximate surface area is 113 Å². The van der Waals surface area contributed by atoms with Crippen LogP contribution in [0, 0.1) is 0 Å². The molecule has 0 aliphatic carbocycles. The van der Waals surface area contributed by atoms with Crippen molar-refractivity contribution >= 4 is 6.03 Å². The molecule has 19 heavy (non-hydrogen) atoms. The normalized spacial score (nSPS) is 15.1. The van der Waals surface area contributed by atoms with Crippen LogP contribution >= 0.6 is 0 Å². The summed E-state index contributed by atoms with van der Waals surface area (Å²) in [6.07, 6.45) is 0.835. The number of carbonyl (C=O) groups excluding carboxylic acids is 1. The quantitative estimate of drug-likeness (QED) is 0.847. The van der Waals surface area contributed by atoms with E-state index in [4.69, 9.17) is 4.74 Å². The molecule has 1 fully saturated rings. The first-order chi connectivity index (χ1) is 9.29. The van der Waals surface area contributed by atoms with Gasteiger partial charge >= 0.3 is 6.03 Å². The summed E-state index contributed by atoms with van der Waals surface area (Å²) in [5, 5.41) is 6.19. The molecule has 2 N–H and O–H groups in total. The Morgan fingerprint density at radius 2 is 2.00 bits per heavy atom. The Kier molecular flexibility index (Phi) is 5.03. The largest absolute Gasteiger partial charge is 0.497 e. The summed E-state index contributed by atoms with van der Waals surface area (Å²) in [6.45, 7) is 4.00. The van der Waals surface area contributed by atoms with Gasteiger partial charge < -0.3 is 20.3 Å². The first-order valence-corrected chi connectivity index (χ1v) is 6.66. The minimum absolute atomic E-state index is 0.0370. The predicted molar refractivity (Wildman–Crippen MR) is 74.5 cm³/mol. The van der Waals surface area contributed by atoms with Gasteiger partial charge in [0.1, 0.15) is 5.75 Å². The first kappa shape index (κ1) is 13.7. The first-order valence-electron chi connectivity index (χ1n) is 6.66. The molecule has 1 aliphatic rings. The molecular weight excluding hydrogens is 242 g/mol. The zero-order valence-corrected chi connectivity index (χ0v) is 11.3. The number of ether oxygens (including phenoxy) is 1. The van der Waals surface area contributed by atoms with Crippen molar-refractivity contribution in [2.24, 2.45) is 0 Å². The van der Waals surface area contributed by atoms with E-state index in [1.165, 1.54) is 5.56 Å². The summed E-state index contributed by atoms with van der Waals surface area (Å²) < 4.78 is 5.11. The lowest BCUT2D eigenvalue weighted by Crippen LogP contribution is -2.50. The predicted octanol–water partition coefficient (Wildman–Crippen LogP) is 0.853. The van der Waals surface area contributed by atoms with Gasteiger partial charge in [-0.05, 0) is 24.1 Å². The Hall–Kier alpha value is -1.75.